The SMILES string of the molecule is Cn1cc2c(N3CCCC(NC(=O)OC(C)(C)C)C3)c([N+](=O)[O-])cc(I)c2n1. The van der Waals surface area contributed by atoms with Crippen LogP contribution in [0.1, 0.15) is 33.6 Å². The summed E-state index contributed by atoms with van der Waals surface area (Å²) in [7, 11) is 1.80. The fourth-order valence-corrected chi connectivity index (χ4v) is 4.17. The Morgan fingerprint density at radius 3 is 2.82 bits per heavy atom. The fraction of sp³-hybridized carbons (Fsp3) is 0.556. The number of nitro benzene ring substituents is 1. The van der Waals surface area contributed by atoms with Crippen molar-refractivity contribution in [2.24, 2.45) is 7.05 Å². The van der Waals surface area contributed by atoms with E-state index < -0.39 is 11.7 Å². The second kappa shape index (κ2) is 7.72. The molecule has 3 rings (SSSR count). The smallest absolute Gasteiger partial charge is 0.407 e. The number of rotatable bonds is 3. The van der Waals surface area contributed by atoms with Crippen molar-refractivity contribution in [1.29, 1.82) is 0 Å². The lowest BCUT2D eigenvalue weighted by Crippen LogP contribution is -2.49. The number of halogens is 1. The molecule has 10 heteroatoms. The fourth-order valence-electron chi connectivity index (χ4n) is 3.48. The molecule has 1 amide bonds. The maximum atomic E-state index is 12.1. The molecule has 0 spiro atoms. The van der Waals surface area contributed by atoms with Crippen LogP contribution in [-0.4, -0.2) is 45.5 Å². The minimum absolute atomic E-state index is 0.0582. The number of fused-ring (bicyclic) bond motifs is 1. The maximum absolute atomic E-state index is 12.1. The summed E-state index contributed by atoms with van der Waals surface area (Å²) in [5.74, 6) is 0. The van der Waals surface area contributed by atoms with Crippen LogP contribution in [0.15, 0.2) is 12.3 Å². The summed E-state index contributed by atoms with van der Waals surface area (Å²) in [5.41, 5.74) is 0.785. The lowest BCUT2D eigenvalue weighted by atomic mass is 10.0. The highest BCUT2D eigenvalue weighted by Crippen LogP contribution is 2.39. The van der Waals surface area contributed by atoms with Crippen LogP contribution in [0.25, 0.3) is 10.9 Å². The first-order valence-corrected chi connectivity index (χ1v) is 10.2. The van der Waals surface area contributed by atoms with E-state index in [4.69, 9.17) is 4.74 Å². The molecule has 1 aromatic carbocycles. The van der Waals surface area contributed by atoms with Crippen LogP contribution in [0.3, 0.4) is 0 Å². The number of hydrogen-bond donors (Lipinski definition) is 1. The monoisotopic (exact) mass is 501 g/mol. The largest absolute Gasteiger partial charge is 0.444 e. The molecule has 2 aromatic rings. The van der Waals surface area contributed by atoms with Crippen LogP contribution in [0.2, 0.25) is 0 Å². The van der Waals surface area contributed by atoms with E-state index in [1.807, 2.05) is 31.9 Å². The van der Waals surface area contributed by atoms with Crippen molar-refractivity contribution in [2.75, 3.05) is 18.0 Å². The van der Waals surface area contributed by atoms with Crippen LogP contribution in [0.4, 0.5) is 16.2 Å². The Balaban J connectivity index is 1.91. The van der Waals surface area contributed by atoms with Crippen molar-refractivity contribution < 1.29 is 14.5 Å². The molecule has 28 heavy (non-hydrogen) atoms. The Morgan fingerprint density at radius 2 is 2.18 bits per heavy atom. The number of carbonyl (C=O) groups excluding carboxylic acids is 1. The molecule has 1 unspecified atom stereocenters. The number of alkyl carbamates (subject to hydrolysis) is 1. The molecule has 0 bridgehead atoms. The molecule has 1 saturated heterocycles. The lowest BCUT2D eigenvalue weighted by Gasteiger charge is -2.35. The molecule has 1 aliphatic rings. The highest BCUT2D eigenvalue weighted by Gasteiger charge is 2.31. The molecule has 1 aliphatic heterocycles. The zero-order valence-corrected chi connectivity index (χ0v) is 18.5. The Bertz CT molecular complexity index is 921. The number of nitrogens with one attached hydrogen (secondary N) is 1. The van der Waals surface area contributed by atoms with Crippen molar-refractivity contribution >= 4 is 51.0 Å². The van der Waals surface area contributed by atoms with Gasteiger partial charge >= 0.3 is 6.09 Å². The molecule has 9 nitrogen and oxygen atoms in total. The lowest BCUT2D eigenvalue weighted by molar-refractivity contribution is -0.384. The number of hydrogen-bond acceptors (Lipinski definition) is 6. The van der Waals surface area contributed by atoms with Gasteiger partial charge in [-0.05, 0) is 56.2 Å². The second-order valence-electron chi connectivity index (χ2n) is 7.98. The predicted molar refractivity (Wildman–Crippen MR) is 115 cm³/mol. The molecule has 0 saturated carbocycles. The molecular formula is C18H24IN5O4. The maximum Gasteiger partial charge on any atom is 0.407 e. The van der Waals surface area contributed by atoms with Gasteiger partial charge in [-0.2, -0.15) is 5.10 Å². The summed E-state index contributed by atoms with van der Waals surface area (Å²) in [6.07, 6.45) is 2.95. The average Bonchev–Trinajstić information content (AvgIpc) is 2.95. The molecule has 152 valence electrons. The van der Waals surface area contributed by atoms with Crippen molar-refractivity contribution in [3.8, 4) is 0 Å². The van der Waals surface area contributed by atoms with E-state index in [-0.39, 0.29) is 16.7 Å². The highest BCUT2D eigenvalue weighted by molar-refractivity contribution is 14.1. The number of nitrogens with zero attached hydrogens (tertiary/aromatic N) is 4. The number of aromatic nitrogens is 2. The summed E-state index contributed by atoms with van der Waals surface area (Å²) in [6, 6.07) is 1.42. The van der Waals surface area contributed by atoms with Gasteiger partial charge in [-0.1, -0.05) is 0 Å². The van der Waals surface area contributed by atoms with Gasteiger partial charge in [0.05, 0.1) is 10.3 Å². The zero-order chi connectivity index (χ0) is 20.6. The van der Waals surface area contributed by atoms with Crippen LogP contribution in [-0.2, 0) is 11.8 Å². The van der Waals surface area contributed by atoms with Gasteiger partial charge in [0.25, 0.3) is 5.69 Å². The summed E-state index contributed by atoms with van der Waals surface area (Å²) < 4.78 is 7.75. The summed E-state index contributed by atoms with van der Waals surface area (Å²) in [6.45, 7) is 6.60. The Labute approximate surface area is 176 Å². The van der Waals surface area contributed by atoms with E-state index in [1.54, 1.807) is 17.8 Å². The molecular weight excluding hydrogens is 477 g/mol. The predicted octanol–water partition coefficient (Wildman–Crippen LogP) is 3.58. The highest BCUT2D eigenvalue weighted by atomic mass is 127. The molecule has 0 aliphatic carbocycles. The minimum atomic E-state index is -0.574. The van der Waals surface area contributed by atoms with Crippen LogP contribution in [0, 0.1) is 13.7 Å². The quantitative estimate of drug-likeness (QED) is 0.392. The number of benzene rings is 1. The normalized spacial score (nSPS) is 17.6. The van der Waals surface area contributed by atoms with E-state index in [2.05, 4.69) is 33.0 Å². The third kappa shape index (κ3) is 4.47. The van der Waals surface area contributed by atoms with Crippen molar-refractivity contribution in [3.05, 3.63) is 25.9 Å². The first-order valence-electron chi connectivity index (χ1n) is 9.10. The van der Waals surface area contributed by atoms with Crippen LogP contribution >= 0.6 is 22.6 Å². The average molecular weight is 501 g/mol. The number of ether oxygens (including phenoxy) is 1. The molecule has 1 atom stereocenters. The first kappa shape index (κ1) is 20.6. The van der Waals surface area contributed by atoms with Crippen LogP contribution in [0.5, 0.6) is 0 Å². The Morgan fingerprint density at radius 1 is 1.46 bits per heavy atom. The van der Waals surface area contributed by atoms with E-state index in [0.717, 1.165) is 27.3 Å². The van der Waals surface area contributed by atoms with Gasteiger partial charge in [0.15, 0.2) is 0 Å². The second-order valence-corrected chi connectivity index (χ2v) is 9.14. The number of carbonyl (C=O) groups is 1. The van der Waals surface area contributed by atoms with Gasteiger partial charge in [-0.15, -0.1) is 0 Å². The standard InChI is InChI=1S/C18H24IN5O4/c1-18(2,3)28-17(25)20-11-6-5-7-23(9-11)16-12-10-22(4)21-15(12)13(19)8-14(16)24(26)27/h8,10-11H,5-7,9H2,1-4H3,(H,20,25). The number of anilines is 1. The number of nitro groups is 1. The van der Waals surface area contributed by atoms with Gasteiger partial charge in [-0.3, -0.25) is 14.8 Å². The molecule has 0 radical (unpaired) electrons. The topological polar surface area (TPSA) is 103 Å². The molecule has 2 heterocycles. The van der Waals surface area contributed by atoms with Gasteiger partial charge in [0.2, 0.25) is 0 Å². The summed E-state index contributed by atoms with van der Waals surface area (Å²) in [5, 5.41) is 19.8. The van der Waals surface area contributed by atoms with Crippen molar-refractivity contribution in [3.63, 3.8) is 0 Å². The summed E-state index contributed by atoms with van der Waals surface area (Å²) >= 11 is 2.08. The molecule has 1 aromatic heterocycles. The van der Waals surface area contributed by atoms with Crippen LogP contribution < -0.4 is 10.2 Å². The zero-order valence-electron chi connectivity index (χ0n) is 16.4. The number of amides is 1. The molecule has 1 fully saturated rings. The minimum Gasteiger partial charge on any atom is -0.444 e. The first-order chi connectivity index (χ1) is 13.0. The van der Waals surface area contributed by atoms with Gasteiger partial charge in [-0.25, -0.2) is 4.79 Å². The Hall–Kier alpha value is -2.11. The molecule has 1 N–H and O–H groups in total. The number of aryl methyl sites for hydroxylation is 1. The third-order valence-corrected chi connectivity index (χ3v) is 5.29. The van der Waals surface area contributed by atoms with E-state index >= 15 is 0 Å². The van der Waals surface area contributed by atoms with Gasteiger partial charge < -0.3 is 15.0 Å². The number of piperidine rings is 1. The van der Waals surface area contributed by atoms with E-state index in [0.29, 0.717) is 18.8 Å². The van der Waals surface area contributed by atoms with Gasteiger partial charge in [0.1, 0.15) is 16.8 Å². The van der Waals surface area contributed by atoms with Crippen molar-refractivity contribution in [2.45, 2.75) is 45.3 Å². The van der Waals surface area contributed by atoms with E-state index in [1.165, 1.54) is 0 Å². The third-order valence-electron chi connectivity index (χ3n) is 4.47. The summed E-state index contributed by atoms with van der Waals surface area (Å²) in [4.78, 5) is 25.5. The van der Waals surface area contributed by atoms with Crippen molar-refractivity contribution in [1.82, 2.24) is 15.1 Å². The Kier molecular flexibility index (Phi) is 5.69. The van der Waals surface area contributed by atoms with Gasteiger partial charge in [0, 0.05) is 42.0 Å². The van der Waals surface area contributed by atoms with E-state index in [9.17, 15) is 14.9 Å².